The second kappa shape index (κ2) is 6.99. The van der Waals surface area contributed by atoms with Crippen LogP contribution < -0.4 is 4.90 Å². The number of anilines is 2. The lowest BCUT2D eigenvalue weighted by Gasteiger charge is -2.26. The maximum Gasteiger partial charge on any atom is 0.454 e. The van der Waals surface area contributed by atoms with Gasteiger partial charge in [0.2, 0.25) is 0 Å². The highest BCUT2D eigenvalue weighted by Gasteiger charge is 2.41. The molecule has 0 aliphatic heterocycles. The van der Waals surface area contributed by atoms with Gasteiger partial charge in [-0.3, -0.25) is 4.79 Å². The highest BCUT2D eigenvalue weighted by Crippen LogP contribution is 2.35. The van der Waals surface area contributed by atoms with Crippen molar-refractivity contribution in [3.63, 3.8) is 0 Å². The zero-order valence-corrected chi connectivity index (χ0v) is 13.8. The SMILES string of the molecule is CCN(c1cc(Cl)cc(Cl)c1)c1cc(F)ccc1C(=O)C(F)(F)F. The highest BCUT2D eigenvalue weighted by molar-refractivity contribution is 6.35. The maximum absolute atomic E-state index is 13.6. The minimum absolute atomic E-state index is 0.165. The number of hydrogen-bond donors (Lipinski definition) is 0. The van der Waals surface area contributed by atoms with Crippen molar-refractivity contribution in [3.05, 3.63) is 57.8 Å². The highest BCUT2D eigenvalue weighted by atomic mass is 35.5. The van der Waals surface area contributed by atoms with E-state index in [0.29, 0.717) is 5.69 Å². The lowest BCUT2D eigenvalue weighted by Crippen LogP contribution is -2.26. The summed E-state index contributed by atoms with van der Waals surface area (Å²) in [5.74, 6) is -2.82. The molecule has 0 spiro atoms. The Bertz CT molecular complexity index is 757. The van der Waals surface area contributed by atoms with Crippen molar-refractivity contribution in [3.8, 4) is 0 Å². The van der Waals surface area contributed by atoms with Crippen LogP contribution in [0.15, 0.2) is 36.4 Å². The minimum atomic E-state index is -5.07. The molecule has 0 bridgehead atoms. The zero-order chi connectivity index (χ0) is 18.1. The Labute approximate surface area is 145 Å². The van der Waals surface area contributed by atoms with E-state index in [4.69, 9.17) is 23.2 Å². The Balaban J connectivity index is 2.63. The van der Waals surface area contributed by atoms with Crippen LogP contribution in [0.25, 0.3) is 0 Å². The van der Waals surface area contributed by atoms with E-state index in [9.17, 15) is 22.4 Å². The fourth-order valence-electron chi connectivity index (χ4n) is 2.26. The monoisotopic (exact) mass is 379 g/mol. The lowest BCUT2D eigenvalue weighted by atomic mass is 10.1. The molecule has 0 atom stereocenters. The van der Waals surface area contributed by atoms with E-state index < -0.39 is 23.3 Å². The predicted molar refractivity (Wildman–Crippen MR) is 85.9 cm³/mol. The number of hydrogen-bond acceptors (Lipinski definition) is 2. The summed E-state index contributed by atoms with van der Waals surface area (Å²) < 4.78 is 52.0. The van der Waals surface area contributed by atoms with Crippen molar-refractivity contribution in [1.29, 1.82) is 0 Å². The van der Waals surface area contributed by atoms with Gasteiger partial charge in [-0.25, -0.2) is 4.39 Å². The van der Waals surface area contributed by atoms with Crippen molar-refractivity contribution in [2.75, 3.05) is 11.4 Å². The van der Waals surface area contributed by atoms with Gasteiger partial charge >= 0.3 is 6.18 Å². The van der Waals surface area contributed by atoms with Gasteiger partial charge in [-0.2, -0.15) is 13.2 Å². The Kier molecular flexibility index (Phi) is 5.40. The number of Topliss-reactive ketones (excluding diaryl/α,β-unsaturated/α-hetero) is 1. The third-order valence-corrected chi connectivity index (χ3v) is 3.66. The summed E-state index contributed by atoms with van der Waals surface area (Å²) in [4.78, 5) is 13.0. The molecule has 0 aromatic heterocycles. The van der Waals surface area contributed by atoms with Crippen molar-refractivity contribution < 1.29 is 22.4 Å². The molecule has 0 aliphatic rings. The first-order chi connectivity index (χ1) is 11.1. The summed E-state index contributed by atoms with van der Waals surface area (Å²) in [7, 11) is 0. The van der Waals surface area contributed by atoms with Crippen molar-refractivity contribution in [1.82, 2.24) is 0 Å². The third-order valence-electron chi connectivity index (χ3n) is 3.23. The molecule has 2 nitrogen and oxygen atoms in total. The van der Waals surface area contributed by atoms with Crippen molar-refractivity contribution in [2.24, 2.45) is 0 Å². The fraction of sp³-hybridized carbons (Fsp3) is 0.188. The minimum Gasteiger partial charge on any atom is -0.341 e. The van der Waals surface area contributed by atoms with E-state index in [1.165, 1.54) is 23.1 Å². The first-order valence-corrected chi connectivity index (χ1v) is 7.53. The number of nitrogens with zero attached hydrogens (tertiary/aromatic N) is 1. The summed E-state index contributed by atoms with van der Waals surface area (Å²) in [5, 5.41) is 0.520. The van der Waals surface area contributed by atoms with Gasteiger partial charge in [0.05, 0.1) is 11.3 Å². The van der Waals surface area contributed by atoms with Crippen LogP contribution in [0.1, 0.15) is 17.3 Å². The quantitative estimate of drug-likeness (QED) is 0.477. The normalized spacial score (nSPS) is 11.5. The topological polar surface area (TPSA) is 20.3 Å². The molecule has 8 heteroatoms. The van der Waals surface area contributed by atoms with Crippen LogP contribution >= 0.6 is 23.2 Å². The van der Waals surface area contributed by atoms with Crippen LogP contribution in [-0.2, 0) is 0 Å². The molecule has 0 saturated heterocycles. The van der Waals surface area contributed by atoms with Crippen LogP contribution in [-0.4, -0.2) is 18.5 Å². The average molecular weight is 380 g/mol. The summed E-state index contributed by atoms with van der Waals surface area (Å²) in [6, 6.07) is 6.87. The van der Waals surface area contributed by atoms with Crippen molar-refractivity contribution >= 4 is 40.4 Å². The summed E-state index contributed by atoms with van der Waals surface area (Å²) in [6.45, 7) is 1.81. The van der Waals surface area contributed by atoms with Crippen LogP contribution in [0.2, 0.25) is 10.0 Å². The molecule has 128 valence electrons. The third kappa shape index (κ3) is 3.99. The standard InChI is InChI=1S/C16H11Cl2F4NO/c1-2-23(12-6-9(17)5-10(18)7-12)14-8-11(19)3-4-13(14)15(24)16(20,21)22/h3-8H,2H2,1H3. The largest absolute Gasteiger partial charge is 0.454 e. The summed E-state index contributed by atoms with van der Waals surface area (Å²) in [6.07, 6.45) is -5.07. The van der Waals surface area contributed by atoms with Crippen LogP contribution in [0.4, 0.5) is 28.9 Å². The molecule has 0 aliphatic carbocycles. The molecule has 2 aromatic rings. The van der Waals surface area contributed by atoms with Crippen LogP contribution in [0, 0.1) is 5.82 Å². The number of carbonyl (C=O) groups excluding carboxylic acids is 1. The number of benzene rings is 2. The first kappa shape index (κ1) is 18.5. The van der Waals surface area contributed by atoms with E-state index in [0.717, 1.165) is 18.2 Å². The van der Waals surface area contributed by atoms with E-state index in [-0.39, 0.29) is 22.3 Å². The Morgan fingerprint density at radius 3 is 2.17 bits per heavy atom. The second-order valence-corrected chi connectivity index (χ2v) is 5.73. The fourth-order valence-corrected chi connectivity index (χ4v) is 2.77. The van der Waals surface area contributed by atoms with E-state index in [1.54, 1.807) is 6.92 Å². The van der Waals surface area contributed by atoms with Gasteiger partial charge in [0.1, 0.15) is 5.82 Å². The van der Waals surface area contributed by atoms with E-state index >= 15 is 0 Å². The van der Waals surface area contributed by atoms with Crippen molar-refractivity contribution in [2.45, 2.75) is 13.1 Å². The van der Waals surface area contributed by atoms with Gasteiger partial charge in [0.15, 0.2) is 0 Å². The molecular weight excluding hydrogens is 369 g/mol. The van der Waals surface area contributed by atoms with Gasteiger partial charge in [-0.05, 0) is 43.3 Å². The van der Waals surface area contributed by atoms with E-state index in [2.05, 4.69) is 0 Å². The van der Waals surface area contributed by atoms with Crippen LogP contribution in [0.3, 0.4) is 0 Å². The molecule has 0 unspecified atom stereocenters. The van der Waals surface area contributed by atoms with Gasteiger partial charge in [-0.1, -0.05) is 23.2 Å². The maximum atomic E-state index is 13.6. The molecule has 0 radical (unpaired) electrons. The van der Waals surface area contributed by atoms with Gasteiger partial charge < -0.3 is 4.90 Å². The second-order valence-electron chi connectivity index (χ2n) is 4.86. The molecular formula is C16H11Cl2F4NO. The molecule has 0 heterocycles. The average Bonchev–Trinajstić information content (AvgIpc) is 2.45. The van der Waals surface area contributed by atoms with Gasteiger partial charge in [-0.15, -0.1) is 0 Å². The smallest absolute Gasteiger partial charge is 0.341 e. The first-order valence-electron chi connectivity index (χ1n) is 6.78. The van der Waals surface area contributed by atoms with Gasteiger partial charge in [0.25, 0.3) is 5.78 Å². The molecule has 2 aromatic carbocycles. The molecule has 0 N–H and O–H groups in total. The Hall–Kier alpha value is -1.79. The molecule has 2 rings (SSSR count). The summed E-state index contributed by atoms with van der Waals surface area (Å²) in [5.41, 5.74) is -0.517. The number of halogens is 6. The Morgan fingerprint density at radius 2 is 1.67 bits per heavy atom. The molecule has 0 fully saturated rings. The lowest BCUT2D eigenvalue weighted by molar-refractivity contribution is -0.0884. The molecule has 0 amide bonds. The van der Waals surface area contributed by atoms with Gasteiger partial charge in [0, 0.05) is 22.3 Å². The number of alkyl halides is 3. The molecule has 24 heavy (non-hydrogen) atoms. The van der Waals surface area contributed by atoms with E-state index in [1.807, 2.05) is 0 Å². The Morgan fingerprint density at radius 1 is 1.08 bits per heavy atom. The molecule has 0 saturated carbocycles. The summed E-state index contributed by atoms with van der Waals surface area (Å²) >= 11 is 11.8. The predicted octanol–water partition coefficient (Wildman–Crippen LogP) is 6.04. The zero-order valence-electron chi connectivity index (χ0n) is 12.3. The number of carbonyl (C=O) groups is 1. The number of ketones is 1. The number of rotatable bonds is 4. The van der Waals surface area contributed by atoms with Crippen LogP contribution in [0.5, 0.6) is 0 Å².